The molecule has 1 unspecified atom stereocenters. The van der Waals surface area contributed by atoms with Gasteiger partial charge in [-0.15, -0.1) is 0 Å². The first-order valence-electron chi connectivity index (χ1n) is 8.17. The van der Waals surface area contributed by atoms with E-state index in [4.69, 9.17) is 5.73 Å². The minimum absolute atomic E-state index is 0.598. The van der Waals surface area contributed by atoms with Crippen LogP contribution < -0.4 is 10.6 Å². The van der Waals surface area contributed by atoms with Gasteiger partial charge in [-0.3, -0.25) is 4.98 Å². The zero-order valence-corrected chi connectivity index (χ0v) is 13.4. The zero-order chi connectivity index (χ0) is 15.8. The number of nitrogens with two attached hydrogens (primary N) is 1. The van der Waals surface area contributed by atoms with Gasteiger partial charge in [0.15, 0.2) is 0 Å². The lowest BCUT2D eigenvalue weighted by Gasteiger charge is -2.21. The normalized spacial score (nSPS) is 17.8. The average molecular weight is 303 g/mol. The van der Waals surface area contributed by atoms with Crippen LogP contribution in [0.5, 0.6) is 0 Å². The molecule has 1 aliphatic rings. The maximum Gasteiger partial charge on any atom is 0.0727 e. The van der Waals surface area contributed by atoms with Gasteiger partial charge in [0.1, 0.15) is 0 Å². The molecule has 0 amide bonds. The van der Waals surface area contributed by atoms with E-state index in [-0.39, 0.29) is 0 Å². The Morgan fingerprint density at radius 2 is 1.91 bits per heavy atom. The van der Waals surface area contributed by atoms with Gasteiger partial charge in [0, 0.05) is 41.5 Å². The minimum Gasteiger partial charge on any atom is -0.399 e. The summed E-state index contributed by atoms with van der Waals surface area (Å²) in [4.78, 5) is 7.12. The van der Waals surface area contributed by atoms with Crippen LogP contribution in [0.4, 0.5) is 11.4 Å². The fourth-order valence-electron chi connectivity index (χ4n) is 3.59. The largest absolute Gasteiger partial charge is 0.399 e. The first kappa shape index (κ1) is 14.1. The maximum atomic E-state index is 6.00. The number of benzene rings is 2. The number of hydrogen-bond donors (Lipinski definition) is 1. The van der Waals surface area contributed by atoms with Gasteiger partial charge in [0.2, 0.25) is 0 Å². The molecule has 1 atom stereocenters. The van der Waals surface area contributed by atoms with E-state index < -0.39 is 0 Å². The Morgan fingerprint density at radius 1 is 1.09 bits per heavy atom. The van der Waals surface area contributed by atoms with Crippen molar-refractivity contribution >= 4 is 22.3 Å². The number of aryl methyl sites for hydroxylation is 1. The molecule has 2 aromatic carbocycles. The van der Waals surface area contributed by atoms with Crippen molar-refractivity contribution in [1.82, 2.24) is 4.98 Å². The molecule has 2 N–H and O–H groups in total. The minimum atomic E-state index is 0.598. The fourth-order valence-corrected chi connectivity index (χ4v) is 3.59. The number of fused-ring (bicyclic) bond motifs is 1. The van der Waals surface area contributed by atoms with Crippen molar-refractivity contribution in [3.05, 3.63) is 65.9 Å². The van der Waals surface area contributed by atoms with Crippen molar-refractivity contribution in [2.24, 2.45) is 0 Å². The molecule has 4 rings (SSSR count). The fraction of sp³-hybridized carbons (Fsp3) is 0.250. The number of rotatable bonds is 2. The third-order valence-electron chi connectivity index (χ3n) is 4.74. The monoisotopic (exact) mass is 303 g/mol. The van der Waals surface area contributed by atoms with E-state index in [1.54, 1.807) is 0 Å². The van der Waals surface area contributed by atoms with Crippen molar-refractivity contribution in [3.63, 3.8) is 0 Å². The lowest BCUT2D eigenvalue weighted by atomic mass is 9.99. The molecule has 2 heterocycles. The molecular formula is C20H21N3. The number of anilines is 2. The molecule has 1 aliphatic heterocycles. The Balaban J connectivity index is 1.71. The molecular weight excluding hydrogens is 282 g/mol. The lowest BCUT2D eigenvalue weighted by molar-refractivity contribution is 0.775. The Bertz CT molecular complexity index is 842. The van der Waals surface area contributed by atoms with Crippen molar-refractivity contribution in [3.8, 4) is 0 Å². The SMILES string of the molecule is Cc1cc(N2CCC(c3ccccc3)C2)c2cc(N)ccc2n1. The van der Waals surface area contributed by atoms with E-state index in [9.17, 15) is 0 Å². The van der Waals surface area contributed by atoms with Gasteiger partial charge in [-0.25, -0.2) is 0 Å². The van der Waals surface area contributed by atoms with Gasteiger partial charge >= 0.3 is 0 Å². The molecule has 0 bridgehead atoms. The van der Waals surface area contributed by atoms with E-state index >= 15 is 0 Å². The molecule has 0 radical (unpaired) electrons. The Hall–Kier alpha value is -2.55. The third-order valence-corrected chi connectivity index (χ3v) is 4.74. The lowest BCUT2D eigenvalue weighted by Crippen LogP contribution is -2.20. The van der Waals surface area contributed by atoms with E-state index in [1.165, 1.54) is 17.7 Å². The number of nitrogens with zero attached hydrogens (tertiary/aromatic N) is 2. The summed E-state index contributed by atoms with van der Waals surface area (Å²) in [6.07, 6.45) is 1.19. The smallest absolute Gasteiger partial charge is 0.0727 e. The summed E-state index contributed by atoms with van der Waals surface area (Å²) < 4.78 is 0. The summed E-state index contributed by atoms with van der Waals surface area (Å²) in [6, 6.07) is 19.0. The van der Waals surface area contributed by atoms with Crippen LogP contribution in [0, 0.1) is 6.92 Å². The molecule has 0 aliphatic carbocycles. The summed E-state index contributed by atoms with van der Waals surface area (Å²) in [5.41, 5.74) is 11.6. The summed E-state index contributed by atoms with van der Waals surface area (Å²) in [7, 11) is 0. The van der Waals surface area contributed by atoms with E-state index in [0.29, 0.717) is 5.92 Å². The highest BCUT2D eigenvalue weighted by molar-refractivity contribution is 5.94. The van der Waals surface area contributed by atoms with Crippen molar-refractivity contribution < 1.29 is 0 Å². The third kappa shape index (κ3) is 2.63. The number of hydrogen-bond acceptors (Lipinski definition) is 3. The van der Waals surface area contributed by atoms with Gasteiger partial charge in [0.05, 0.1) is 5.52 Å². The molecule has 23 heavy (non-hydrogen) atoms. The summed E-state index contributed by atoms with van der Waals surface area (Å²) in [5.74, 6) is 0.598. The van der Waals surface area contributed by atoms with E-state index in [1.807, 2.05) is 18.2 Å². The quantitative estimate of drug-likeness (QED) is 0.724. The van der Waals surface area contributed by atoms with Crippen molar-refractivity contribution in [2.45, 2.75) is 19.3 Å². The van der Waals surface area contributed by atoms with Crippen LogP contribution in [0.15, 0.2) is 54.6 Å². The standard InChI is InChI=1S/C20H21N3/c1-14-11-20(18-12-17(21)7-8-19(18)22-14)23-10-9-16(13-23)15-5-3-2-4-6-15/h2-8,11-12,16H,9-10,13,21H2,1H3. The van der Waals surface area contributed by atoms with Crippen LogP contribution in [0.2, 0.25) is 0 Å². The van der Waals surface area contributed by atoms with E-state index in [0.717, 1.165) is 35.4 Å². The van der Waals surface area contributed by atoms with Gasteiger partial charge in [-0.2, -0.15) is 0 Å². The molecule has 1 aromatic heterocycles. The Morgan fingerprint density at radius 3 is 2.74 bits per heavy atom. The number of nitrogen functional groups attached to an aromatic ring is 1. The van der Waals surface area contributed by atoms with Crippen molar-refractivity contribution in [1.29, 1.82) is 0 Å². The topological polar surface area (TPSA) is 42.1 Å². The van der Waals surface area contributed by atoms with Crippen LogP contribution in [0.25, 0.3) is 10.9 Å². The molecule has 1 fully saturated rings. The summed E-state index contributed by atoms with van der Waals surface area (Å²) in [5, 5.41) is 1.16. The van der Waals surface area contributed by atoms with Crippen molar-refractivity contribution in [2.75, 3.05) is 23.7 Å². The zero-order valence-electron chi connectivity index (χ0n) is 13.4. The van der Waals surface area contributed by atoms with E-state index in [2.05, 4.69) is 53.2 Å². The average Bonchev–Trinajstić information content (AvgIpc) is 3.05. The van der Waals surface area contributed by atoms with Gasteiger partial charge in [-0.1, -0.05) is 30.3 Å². The first-order chi connectivity index (χ1) is 11.2. The summed E-state index contributed by atoms with van der Waals surface area (Å²) >= 11 is 0. The summed E-state index contributed by atoms with van der Waals surface area (Å²) in [6.45, 7) is 4.19. The predicted molar refractivity (Wildman–Crippen MR) is 96.9 cm³/mol. The van der Waals surface area contributed by atoms with Gasteiger partial charge in [0.25, 0.3) is 0 Å². The highest BCUT2D eigenvalue weighted by atomic mass is 15.2. The predicted octanol–water partition coefficient (Wildman–Crippen LogP) is 4.12. The van der Waals surface area contributed by atoms with Crippen LogP contribution in [-0.2, 0) is 0 Å². The first-order valence-corrected chi connectivity index (χ1v) is 8.17. The molecule has 0 saturated carbocycles. The van der Waals surface area contributed by atoms with Crippen LogP contribution >= 0.6 is 0 Å². The van der Waals surface area contributed by atoms with Gasteiger partial charge in [-0.05, 0) is 43.2 Å². The van der Waals surface area contributed by atoms with Crippen LogP contribution in [0.1, 0.15) is 23.6 Å². The molecule has 3 heteroatoms. The maximum absolute atomic E-state index is 6.00. The molecule has 3 aromatic rings. The second-order valence-corrected chi connectivity index (χ2v) is 6.40. The van der Waals surface area contributed by atoms with Crippen LogP contribution in [0.3, 0.4) is 0 Å². The molecule has 116 valence electrons. The highest BCUT2D eigenvalue weighted by Gasteiger charge is 2.25. The molecule has 0 spiro atoms. The second-order valence-electron chi connectivity index (χ2n) is 6.40. The Kier molecular flexibility index (Phi) is 3.41. The number of pyridine rings is 1. The highest BCUT2D eigenvalue weighted by Crippen LogP contribution is 2.35. The van der Waals surface area contributed by atoms with Gasteiger partial charge < -0.3 is 10.6 Å². The van der Waals surface area contributed by atoms with Crippen LogP contribution in [-0.4, -0.2) is 18.1 Å². The molecule has 1 saturated heterocycles. The second kappa shape index (κ2) is 5.58. The number of aromatic nitrogens is 1. The molecule has 3 nitrogen and oxygen atoms in total. The Labute approximate surface area is 136 Å².